The van der Waals surface area contributed by atoms with E-state index < -0.39 is 11.8 Å². The molecule has 33 heavy (non-hydrogen) atoms. The summed E-state index contributed by atoms with van der Waals surface area (Å²) in [4.78, 5) is 25.1. The second-order valence-electron chi connectivity index (χ2n) is 7.75. The molecule has 1 aliphatic rings. The standard InChI is InChI=1S/C27H26N2O4/c1-3-20-14-19(2)15-24(16-20)33-13-12-32-23-11-7-8-21(17-23)18-25-26(30)28-29(27(25)31)22-9-5-4-6-10-22/h4-11,14-18H,3,12-13H2,1-2H3,(H,28,30)/b25-18+. The van der Waals surface area contributed by atoms with Crippen LogP contribution in [0.3, 0.4) is 0 Å². The molecule has 4 rings (SSSR count). The van der Waals surface area contributed by atoms with Crippen LogP contribution in [0.2, 0.25) is 0 Å². The Morgan fingerprint density at radius 1 is 0.879 bits per heavy atom. The lowest BCUT2D eigenvalue weighted by Crippen LogP contribution is -2.35. The second-order valence-corrected chi connectivity index (χ2v) is 7.75. The number of rotatable bonds is 8. The van der Waals surface area contributed by atoms with Crippen molar-refractivity contribution in [3.05, 3.63) is 95.1 Å². The van der Waals surface area contributed by atoms with Gasteiger partial charge in [-0.15, -0.1) is 0 Å². The molecule has 1 saturated heterocycles. The molecule has 3 aromatic rings. The predicted octanol–water partition coefficient (Wildman–Crippen LogP) is 4.48. The van der Waals surface area contributed by atoms with Crippen LogP contribution in [0.1, 0.15) is 23.6 Å². The molecule has 0 aromatic heterocycles. The predicted molar refractivity (Wildman–Crippen MR) is 128 cm³/mol. The molecule has 6 heteroatoms. The van der Waals surface area contributed by atoms with Crippen molar-refractivity contribution < 1.29 is 19.1 Å². The summed E-state index contributed by atoms with van der Waals surface area (Å²) in [5, 5.41) is 1.25. The van der Waals surface area contributed by atoms with Gasteiger partial charge in [0.25, 0.3) is 11.8 Å². The number of aryl methyl sites for hydroxylation is 2. The van der Waals surface area contributed by atoms with E-state index >= 15 is 0 Å². The highest BCUT2D eigenvalue weighted by Gasteiger charge is 2.34. The average molecular weight is 443 g/mol. The average Bonchev–Trinajstić information content (AvgIpc) is 3.10. The third-order valence-corrected chi connectivity index (χ3v) is 5.21. The number of para-hydroxylation sites is 1. The lowest BCUT2D eigenvalue weighted by molar-refractivity contribution is -0.117. The van der Waals surface area contributed by atoms with Crippen molar-refractivity contribution in [3.63, 3.8) is 0 Å². The maximum atomic E-state index is 12.7. The Morgan fingerprint density at radius 2 is 1.64 bits per heavy atom. The molecule has 0 unspecified atom stereocenters. The van der Waals surface area contributed by atoms with E-state index in [-0.39, 0.29) is 5.57 Å². The fourth-order valence-corrected chi connectivity index (χ4v) is 3.61. The minimum absolute atomic E-state index is 0.0745. The van der Waals surface area contributed by atoms with E-state index in [1.54, 1.807) is 24.3 Å². The number of ether oxygens (including phenoxy) is 2. The molecule has 0 aliphatic carbocycles. The summed E-state index contributed by atoms with van der Waals surface area (Å²) in [6, 6.07) is 22.5. The van der Waals surface area contributed by atoms with Crippen molar-refractivity contribution in [2.75, 3.05) is 18.2 Å². The van der Waals surface area contributed by atoms with Gasteiger partial charge in [0, 0.05) is 0 Å². The SMILES string of the molecule is CCc1cc(C)cc(OCCOc2cccc(/C=C3\C(=O)NN(c4ccccc4)C3=O)c2)c1. The first-order valence-electron chi connectivity index (χ1n) is 10.9. The van der Waals surface area contributed by atoms with Crippen LogP contribution < -0.4 is 19.9 Å². The lowest BCUT2D eigenvalue weighted by atomic mass is 10.1. The van der Waals surface area contributed by atoms with Crippen molar-refractivity contribution in [2.24, 2.45) is 0 Å². The van der Waals surface area contributed by atoms with E-state index in [9.17, 15) is 9.59 Å². The number of anilines is 1. The van der Waals surface area contributed by atoms with Gasteiger partial charge in [-0.3, -0.25) is 15.0 Å². The van der Waals surface area contributed by atoms with Crippen LogP contribution in [0.4, 0.5) is 5.69 Å². The van der Waals surface area contributed by atoms with E-state index in [2.05, 4.69) is 25.3 Å². The van der Waals surface area contributed by atoms with E-state index in [1.807, 2.05) is 48.5 Å². The molecule has 0 radical (unpaired) electrons. The highest BCUT2D eigenvalue weighted by atomic mass is 16.5. The number of hydrazine groups is 1. The molecule has 3 aromatic carbocycles. The number of nitrogens with zero attached hydrogens (tertiary/aromatic N) is 1. The van der Waals surface area contributed by atoms with Crippen LogP contribution >= 0.6 is 0 Å². The van der Waals surface area contributed by atoms with Crippen LogP contribution in [0, 0.1) is 6.92 Å². The van der Waals surface area contributed by atoms with Gasteiger partial charge in [-0.25, -0.2) is 5.01 Å². The number of nitrogens with one attached hydrogen (secondary N) is 1. The van der Waals surface area contributed by atoms with Crippen molar-refractivity contribution in [2.45, 2.75) is 20.3 Å². The zero-order valence-electron chi connectivity index (χ0n) is 18.7. The lowest BCUT2D eigenvalue weighted by Gasteiger charge is -2.13. The van der Waals surface area contributed by atoms with Crippen LogP contribution in [0.25, 0.3) is 6.08 Å². The molecular weight excluding hydrogens is 416 g/mol. The molecule has 1 fully saturated rings. The molecule has 1 aliphatic heterocycles. The number of hydrogen-bond acceptors (Lipinski definition) is 4. The molecular formula is C27H26N2O4. The number of carbonyl (C=O) groups excluding carboxylic acids is 2. The molecule has 168 valence electrons. The largest absolute Gasteiger partial charge is 0.490 e. The smallest absolute Gasteiger partial charge is 0.282 e. The maximum absolute atomic E-state index is 12.7. The van der Waals surface area contributed by atoms with Gasteiger partial charge in [0.05, 0.1) is 5.69 Å². The van der Waals surface area contributed by atoms with Crippen LogP contribution in [-0.2, 0) is 16.0 Å². The third kappa shape index (κ3) is 5.41. The van der Waals surface area contributed by atoms with Gasteiger partial charge >= 0.3 is 0 Å². The van der Waals surface area contributed by atoms with E-state index in [4.69, 9.17) is 9.47 Å². The first-order chi connectivity index (χ1) is 16.0. The van der Waals surface area contributed by atoms with Crippen molar-refractivity contribution in [1.29, 1.82) is 0 Å². The quantitative estimate of drug-likeness (QED) is 0.317. The van der Waals surface area contributed by atoms with Crippen LogP contribution in [0.5, 0.6) is 11.5 Å². The Balaban J connectivity index is 1.38. The molecule has 0 spiro atoms. The number of hydrogen-bond donors (Lipinski definition) is 1. The topological polar surface area (TPSA) is 67.9 Å². The molecule has 6 nitrogen and oxygen atoms in total. The first-order valence-corrected chi connectivity index (χ1v) is 10.9. The first kappa shape index (κ1) is 22.1. The van der Waals surface area contributed by atoms with E-state index in [0.29, 0.717) is 30.2 Å². The van der Waals surface area contributed by atoms with Crippen LogP contribution in [0.15, 0.2) is 78.4 Å². The Morgan fingerprint density at radius 3 is 2.39 bits per heavy atom. The summed E-state index contributed by atoms with van der Waals surface area (Å²) in [5.41, 5.74) is 6.39. The third-order valence-electron chi connectivity index (χ3n) is 5.21. The fourth-order valence-electron chi connectivity index (χ4n) is 3.61. The summed E-state index contributed by atoms with van der Waals surface area (Å²) in [5.74, 6) is 0.642. The summed E-state index contributed by atoms with van der Waals surface area (Å²) < 4.78 is 11.6. The molecule has 2 amide bonds. The zero-order valence-corrected chi connectivity index (χ0v) is 18.7. The zero-order chi connectivity index (χ0) is 23.2. The van der Waals surface area contributed by atoms with Crippen molar-refractivity contribution in [1.82, 2.24) is 5.43 Å². The maximum Gasteiger partial charge on any atom is 0.282 e. The van der Waals surface area contributed by atoms with Crippen molar-refractivity contribution in [3.8, 4) is 11.5 Å². The second kappa shape index (κ2) is 10.0. The Bertz CT molecular complexity index is 1190. The minimum atomic E-state index is -0.437. The van der Waals surface area contributed by atoms with Gasteiger partial charge in [-0.1, -0.05) is 43.3 Å². The molecule has 1 heterocycles. The van der Waals surface area contributed by atoms with Gasteiger partial charge in [0.2, 0.25) is 0 Å². The van der Waals surface area contributed by atoms with Gasteiger partial charge in [-0.05, 0) is 72.5 Å². The summed E-state index contributed by atoms with van der Waals surface area (Å²) >= 11 is 0. The molecule has 0 saturated carbocycles. The fraction of sp³-hybridized carbons (Fsp3) is 0.185. The van der Waals surface area contributed by atoms with Crippen molar-refractivity contribution >= 4 is 23.6 Å². The monoisotopic (exact) mass is 442 g/mol. The normalized spacial score (nSPS) is 14.5. The van der Waals surface area contributed by atoms with Gasteiger partial charge in [0.1, 0.15) is 30.3 Å². The number of benzene rings is 3. The highest BCUT2D eigenvalue weighted by Crippen LogP contribution is 2.23. The van der Waals surface area contributed by atoms with Crippen LogP contribution in [-0.4, -0.2) is 25.0 Å². The summed E-state index contributed by atoms with van der Waals surface area (Å²) in [7, 11) is 0. The van der Waals surface area contributed by atoms with E-state index in [1.165, 1.54) is 16.1 Å². The molecule has 0 atom stereocenters. The highest BCUT2D eigenvalue weighted by molar-refractivity contribution is 6.31. The summed E-state index contributed by atoms with van der Waals surface area (Å²) in [6.07, 6.45) is 2.53. The van der Waals surface area contributed by atoms with Gasteiger partial charge in [0.15, 0.2) is 0 Å². The Kier molecular flexibility index (Phi) is 6.74. The number of carbonyl (C=O) groups is 2. The Hall–Kier alpha value is -4.06. The molecule has 1 N–H and O–H groups in total. The summed E-state index contributed by atoms with van der Waals surface area (Å²) in [6.45, 7) is 4.95. The minimum Gasteiger partial charge on any atom is -0.490 e. The number of amides is 2. The van der Waals surface area contributed by atoms with Gasteiger partial charge < -0.3 is 9.47 Å². The molecule has 0 bridgehead atoms. The Labute approximate surface area is 193 Å². The van der Waals surface area contributed by atoms with Gasteiger partial charge in [-0.2, -0.15) is 0 Å². The van der Waals surface area contributed by atoms with E-state index in [0.717, 1.165) is 12.2 Å².